The topological polar surface area (TPSA) is 46.2 Å². The van der Waals surface area contributed by atoms with E-state index in [4.69, 9.17) is 5.73 Å². The van der Waals surface area contributed by atoms with Gasteiger partial charge in [0, 0.05) is 17.7 Å². The van der Waals surface area contributed by atoms with Crippen LogP contribution < -0.4 is 5.73 Å². The second-order valence-electron chi connectivity index (χ2n) is 3.83. The van der Waals surface area contributed by atoms with Gasteiger partial charge in [-0.2, -0.15) is 0 Å². The Morgan fingerprint density at radius 2 is 1.56 bits per heavy atom. The Balaban J connectivity index is 2.15. The summed E-state index contributed by atoms with van der Waals surface area (Å²) in [5, 5.41) is 10.1. The lowest BCUT2D eigenvalue weighted by Crippen LogP contribution is -2.04. The van der Waals surface area contributed by atoms with Gasteiger partial charge in [0.2, 0.25) is 0 Å². The van der Waals surface area contributed by atoms with Crippen LogP contribution in [-0.4, -0.2) is 5.11 Å². The Morgan fingerprint density at radius 1 is 0.938 bits per heavy atom. The van der Waals surface area contributed by atoms with Crippen molar-refractivity contribution in [1.29, 1.82) is 0 Å². The van der Waals surface area contributed by atoms with Gasteiger partial charge in [0.25, 0.3) is 0 Å². The highest BCUT2D eigenvalue weighted by Crippen LogP contribution is 2.23. The fourth-order valence-electron chi connectivity index (χ4n) is 1.76. The number of nitrogens with two attached hydrogens (primary N) is 1. The number of hydrogen-bond acceptors (Lipinski definition) is 2. The lowest BCUT2D eigenvalue weighted by Gasteiger charge is -2.13. The minimum Gasteiger partial charge on any atom is -0.398 e. The molecule has 16 heavy (non-hydrogen) atoms. The Bertz CT molecular complexity index is 453. The predicted octanol–water partition coefficient (Wildman–Crippen LogP) is 2.54. The van der Waals surface area contributed by atoms with Gasteiger partial charge >= 0.3 is 0 Å². The molecule has 1 unspecified atom stereocenters. The molecular weight excluding hydrogens is 198 g/mol. The van der Waals surface area contributed by atoms with Crippen molar-refractivity contribution in [3.63, 3.8) is 0 Å². The number of aliphatic hydroxyl groups is 1. The summed E-state index contributed by atoms with van der Waals surface area (Å²) in [5.74, 6) is 0. The zero-order valence-corrected chi connectivity index (χ0v) is 9.01. The summed E-state index contributed by atoms with van der Waals surface area (Å²) in [6.07, 6.45) is 0.0540. The lowest BCUT2D eigenvalue weighted by molar-refractivity contribution is 0.179. The largest absolute Gasteiger partial charge is 0.398 e. The fraction of sp³-hybridized carbons (Fsp3) is 0.143. The Morgan fingerprint density at radius 3 is 2.25 bits per heavy atom. The molecule has 3 N–H and O–H groups in total. The summed E-state index contributed by atoms with van der Waals surface area (Å²) >= 11 is 0. The molecule has 0 aromatic heterocycles. The molecule has 0 aliphatic rings. The van der Waals surface area contributed by atoms with Crippen molar-refractivity contribution in [2.24, 2.45) is 0 Å². The van der Waals surface area contributed by atoms with Gasteiger partial charge in [0.1, 0.15) is 0 Å². The third-order valence-corrected chi connectivity index (χ3v) is 2.63. The first-order chi connectivity index (χ1) is 7.77. The van der Waals surface area contributed by atoms with Crippen molar-refractivity contribution in [3.8, 4) is 0 Å². The SMILES string of the molecule is Nc1ccccc1C(O)Cc1ccccc1. The third-order valence-electron chi connectivity index (χ3n) is 2.63. The smallest absolute Gasteiger partial charge is 0.0850 e. The van der Waals surface area contributed by atoms with Crippen LogP contribution in [0.15, 0.2) is 54.6 Å². The van der Waals surface area contributed by atoms with Crippen molar-refractivity contribution in [2.75, 3.05) is 5.73 Å². The van der Waals surface area contributed by atoms with Gasteiger partial charge < -0.3 is 10.8 Å². The Kier molecular flexibility index (Phi) is 3.22. The van der Waals surface area contributed by atoms with E-state index in [-0.39, 0.29) is 0 Å². The molecule has 2 heteroatoms. The normalized spacial score (nSPS) is 12.3. The number of rotatable bonds is 3. The van der Waals surface area contributed by atoms with E-state index in [2.05, 4.69) is 0 Å². The predicted molar refractivity (Wildman–Crippen MR) is 66.0 cm³/mol. The first kappa shape index (κ1) is 10.7. The summed E-state index contributed by atoms with van der Waals surface area (Å²) < 4.78 is 0. The minimum absolute atomic E-state index is 0.538. The third kappa shape index (κ3) is 2.41. The van der Waals surface area contributed by atoms with Crippen LogP contribution >= 0.6 is 0 Å². The van der Waals surface area contributed by atoms with E-state index in [1.165, 1.54) is 0 Å². The van der Waals surface area contributed by atoms with E-state index in [0.717, 1.165) is 11.1 Å². The van der Waals surface area contributed by atoms with Crippen LogP contribution in [-0.2, 0) is 6.42 Å². The molecule has 0 saturated carbocycles. The standard InChI is InChI=1S/C14H15NO/c15-13-9-5-4-8-12(13)14(16)10-11-6-2-1-3-7-11/h1-9,14,16H,10,15H2. The van der Waals surface area contributed by atoms with Crippen molar-refractivity contribution in [2.45, 2.75) is 12.5 Å². The van der Waals surface area contributed by atoms with Crippen LogP contribution in [0.3, 0.4) is 0 Å². The maximum Gasteiger partial charge on any atom is 0.0850 e. The molecule has 0 saturated heterocycles. The molecule has 2 nitrogen and oxygen atoms in total. The van der Waals surface area contributed by atoms with Gasteiger partial charge in [-0.3, -0.25) is 0 Å². The van der Waals surface area contributed by atoms with Crippen LogP contribution in [0.25, 0.3) is 0 Å². The second kappa shape index (κ2) is 4.81. The molecule has 0 bridgehead atoms. The molecule has 0 radical (unpaired) electrons. The van der Waals surface area contributed by atoms with E-state index in [1.807, 2.05) is 54.6 Å². The van der Waals surface area contributed by atoms with Gasteiger partial charge in [-0.1, -0.05) is 48.5 Å². The molecule has 2 rings (SSSR count). The van der Waals surface area contributed by atoms with Gasteiger partial charge in [0.15, 0.2) is 0 Å². The van der Waals surface area contributed by atoms with Crippen LogP contribution in [0.5, 0.6) is 0 Å². The maximum atomic E-state index is 10.1. The first-order valence-corrected chi connectivity index (χ1v) is 5.34. The van der Waals surface area contributed by atoms with E-state index >= 15 is 0 Å². The van der Waals surface area contributed by atoms with Crippen molar-refractivity contribution in [3.05, 3.63) is 65.7 Å². The molecule has 0 amide bonds. The van der Waals surface area contributed by atoms with E-state index in [0.29, 0.717) is 12.1 Å². The summed E-state index contributed by atoms with van der Waals surface area (Å²) in [5.41, 5.74) is 8.37. The Hall–Kier alpha value is -1.80. The highest BCUT2D eigenvalue weighted by molar-refractivity contribution is 5.47. The summed E-state index contributed by atoms with van der Waals surface area (Å²) in [7, 11) is 0. The molecular formula is C14H15NO. The van der Waals surface area contributed by atoms with Crippen LogP contribution in [0.4, 0.5) is 5.69 Å². The quantitative estimate of drug-likeness (QED) is 0.770. The van der Waals surface area contributed by atoms with Gasteiger partial charge in [0.05, 0.1) is 6.10 Å². The number of hydrogen-bond donors (Lipinski definition) is 2. The molecule has 0 fully saturated rings. The number of anilines is 1. The second-order valence-corrected chi connectivity index (χ2v) is 3.83. The summed E-state index contributed by atoms with van der Waals surface area (Å²) in [6.45, 7) is 0. The maximum absolute atomic E-state index is 10.1. The van der Waals surface area contributed by atoms with Gasteiger partial charge in [-0.15, -0.1) is 0 Å². The molecule has 1 atom stereocenters. The molecule has 2 aromatic carbocycles. The number of benzene rings is 2. The monoisotopic (exact) mass is 213 g/mol. The van der Waals surface area contributed by atoms with Crippen molar-refractivity contribution in [1.82, 2.24) is 0 Å². The highest BCUT2D eigenvalue weighted by Gasteiger charge is 2.10. The van der Waals surface area contributed by atoms with Crippen LogP contribution in [0.1, 0.15) is 17.2 Å². The highest BCUT2D eigenvalue weighted by atomic mass is 16.3. The number of para-hydroxylation sites is 1. The average molecular weight is 213 g/mol. The van der Waals surface area contributed by atoms with Crippen LogP contribution in [0.2, 0.25) is 0 Å². The number of aliphatic hydroxyl groups excluding tert-OH is 1. The molecule has 0 aliphatic carbocycles. The van der Waals surface area contributed by atoms with Gasteiger partial charge in [-0.05, 0) is 11.6 Å². The van der Waals surface area contributed by atoms with E-state index in [1.54, 1.807) is 0 Å². The molecule has 0 heterocycles. The zero-order valence-electron chi connectivity index (χ0n) is 9.01. The molecule has 0 aliphatic heterocycles. The summed E-state index contributed by atoms with van der Waals surface area (Å²) in [4.78, 5) is 0. The van der Waals surface area contributed by atoms with Crippen molar-refractivity contribution < 1.29 is 5.11 Å². The molecule has 2 aromatic rings. The molecule has 82 valence electrons. The van der Waals surface area contributed by atoms with Crippen molar-refractivity contribution >= 4 is 5.69 Å². The minimum atomic E-state index is -0.538. The van der Waals surface area contributed by atoms with Crippen LogP contribution in [0, 0.1) is 0 Å². The van der Waals surface area contributed by atoms with Gasteiger partial charge in [-0.25, -0.2) is 0 Å². The average Bonchev–Trinajstić information content (AvgIpc) is 2.31. The van der Waals surface area contributed by atoms with E-state index in [9.17, 15) is 5.11 Å². The molecule has 0 spiro atoms. The number of nitrogen functional groups attached to an aromatic ring is 1. The Labute approximate surface area is 95.4 Å². The summed E-state index contributed by atoms with van der Waals surface area (Å²) in [6, 6.07) is 17.3. The zero-order chi connectivity index (χ0) is 11.4. The first-order valence-electron chi connectivity index (χ1n) is 5.34. The lowest BCUT2D eigenvalue weighted by atomic mass is 10.0. The van der Waals surface area contributed by atoms with E-state index < -0.39 is 6.10 Å². The fourth-order valence-corrected chi connectivity index (χ4v) is 1.76.